The number of nitrogens with zero attached hydrogens (tertiary/aromatic N) is 3. The summed E-state index contributed by atoms with van der Waals surface area (Å²) < 4.78 is 1.60. The summed E-state index contributed by atoms with van der Waals surface area (Å²) >= 11 is 1.34. The molecule has 7 heteroatoms. The Morgan fingerprint density at radius 2 is 2.05 bits per heavy atom. The molecule has 1 N–H and O–H groups in total. The topological polar surface area (TPSA) is 71.0 Å². The second kappa shape index (κ2) is 7.15. The lowest BCUT2D eigenvalue weighted by Crippen LogP contribution is -2.43. The first kappa shape index (κ1) is 16.1. The summed E-state index contributed by atoms with van der Waals surface area (Å²) in [6, 6.07) is 0. The molecule has 1 aromatic rings. The van der Waals surface area contributed by atoms with Crippen LogP contribution in [0.5, 0.6) is 0 Å². The second-order valence-corrected chi connectivity index (χ2v) is 6.94. The maximum atomic E-state index is 12.3. The number of aromatic amines is 1. The Labute approximate surface area is 129 Å². The zero-order valence-corrected chi connectivity index (χ0v) is 13.8. The summed E-state index contributed by atoms with van der Waals surface area (Å²) in [5, 5.41) is 7.06. The second-order valence-electron chi connectivity index (χ2n) is 6.00. The SMILES string of the molecule is CCCn1c(SCC(=O)N2C[C@H](C)C[C@@H](C)C2)n[nH]c1=O. The Morgan fingerprint density at radius 1 is 1.38 bits per heavy atom. The molecule has 0 aromatic carbocycles. The molecule has 0 saturated carbocycles. The Balaban J connectivity index is 1.93. The minimum absolute atomic E-state index is 0.136. The van der Waals surface area contributed by atoms with Crippen LogP contribution in [0.2, 0.25) is 0 Å². The quantitative estimate of drug-likeness (QED) is 0.838. The molecule has 0 aliphatic carbocycles. The number of thioether (sulfide) groups is 1. The van der Waals surface area contributed by atoms with Crippen molar-refractivity contribution in [2.24, 2.45) is 11.8 Å². The number of likely N-dealkylation sites (tertiary alicyclic amines) is 1. The minimum atomic E-state index is -0.202. The highest BCUT2D eigenvalue weighted by molar-refractivity contribution is 7.99. The first-order chi connectivity index (χ1) is 10.0. The van der Waals surface area contributed by atoms with Crippen LogP contribution in [0.15, 0.2) is 9.95 Å². The van der Waals surface area contributed by atoms with Gasteiger partial charge in [0, 0.05) is 19.6 Å². The Morgan fingerprint density at radius 3 is 2.67 bits per heavy atom. The molecule has 2 atom stereocenters. The maximum Gasteiger partial charge on any atom is 0.343 e. The van der Waals surface area contributed by atoms with E-state index in [2.05, 4.69) is 24.0 Å². The van der Waals surface area contributed by atoms with E-state index in [4.69, 9.17) is 0 Å². The number of carbonyl (C=O) groups is 1. The zero-order valence-electron chi connectivity index (χ0n) is 13.0. The number of aromatic nitrogens is 3. The Kier molecular flexibility index (Phi) is 5.50. The van der Waals surface area contributed by atoms with E-state index in [1.807, 2.05) is 11.8 Å². The van der Waals surface area contributed by atoms with E-state index >= 15 is 0 Å². The lowest BCUT2D eigenvalue weighted by Gasteiger charge is -2.34. The summed E-state index contributed by atoms with van der Waals surface area (Å²) in [5.41, 5.74) is -0.202. The summed E-state index contributed by atoms with van der Waals surface area (Å²) in [5.74, 6) is 1.60. The highest BCUT2D eigenvalue weighted by atomic mass is 32.2. The third-order valence-corrected chi connectivity index (χ3v) is 4.68. The van der Waals surface area contributed by atoms with E-state index in [9.17, 15) is 9.59 Å². The van der Waals surface area contributed by atoms with Gasteiger partial charge in [-0.3, -0.25) is 9.36 Å². The van der Waals surface area contributed by atoms with Gasteiger partial charge in [0.05, 0.1) is 5.75 Å². The van der Waals surface area contributed by atoms with Gasteiger partial charge in [0.2, 0.25) is 5.91 Å². The molecule has 0 bridgehead atoms. The van der Waals surface area contributed by atoms with E-state index in [1.54, 1.807) is 4.57 Å². The van der Waals surface area contributed by atoms with Gasteiger partial charge in [0.25, 0.3) is 0 Å². The molecule has 2 heterocycles. The van der Waals surface area contributed by atoms with Crippen LogP contribution in [0, 0.1) is 11.8 Å². The summed E-state index contributed by atoms with van der Waals surface area (Å²) in [7, 11) is 0. The van der Waals surface area contributed by atoms with E-state index in [0.29, 0.717) is 29.3 Å². The number of nitrogens with one attached hydrogen (secondary N) is 1. The number of hydrogen-bond acceptors (Lipinski definition) is 4. The standard InChI is InChI=1S/C14H24N4O2S/c1-4-5-18-13(20)15-16-14(18)21-9-12(19)17-7-10(2)6-11(3)8-17/h10-11H,4-9H2,1-3H3,(H,15,20)/t10-,11-/m1/s1. The fourth-order valence-corrected chi connectivity index (χ4v) is 3.79. The number of amides is 1. The normalized spacial score (nSPS) is 22.5. The molecule has 0 radical (unpaired) electrons. The van der Waals surface area contributed by atoms with Crippen molar-refractivity contribution in [3.63, 3.8) is 0 Å². The lowest BCUT2D eigenvalue weighted by atomic mass is 9.92. The fraction of sp³-hybridized carbons (Fsp3) is 0.786. The number of carbonyl (C=O) groups excluding carboxylic acids is 1. The van der Waals surface area contributed by atoms with Gasteiger partial charge in [-0.15, -0.1) is 5.10 Å². The zero-order chi connectivity index (χ0) is 15.4. The molecule has 118 valence electrons. The van der Waals surface area contributed by atoms with Crippen LogP contribution in [0.1, 0.15) is 33.6 Å². The van der Waals surface area contributed by atoms with E-state index in [-0.39, 0.29) is 11.6 Å². The molecule has 1 amide bonds. The minimum Gasteiger partial charge on any atom is -0.341 e. The van der Waals surface area contributed by atoms with Crippen LogP contribution in [0.25, 0.3) is 0 Å². The van der Waals surface area contributed by atoms with E-state index in [0.717, 1.165) is 19.5 Å². The van der Waals surface area contributed by atoms with Crippen molar-refractivity contribution in [1.82, 2.24) is 19.7 Å². The summed E-state index contributed by atoms with van der Waals surface area (Å²) in [6.07, 6.45) is 2.05. The fourth-order valence-electron chi connectivity index (χ4n) is 2.92. The molecular weight excluding hydrogens is 288 g/mol. The van der Waals surface area contributed by atoms with Crippen molar-refractivity contribution >= 4 is 17.7 Å². The van der Waals surface area contributed by atoms with Gasteiger partial charge in [-0.2, -0.15) is 0 Å². The predicted octanol–water partition coefficient (Wildman–Crippen LogP) is 1.58. The molecular formula is C14H24N4O2S. The lowest BCUT2D eigenvalue weighted by molar-refractivity contribution is -0.130. The molecule has 6 nitrogen and oxygen atoms in total. The highest BCUT2D eigenvalue weighted by Gasteiger charge is 2.25. The molecule has 1 aliphatic heterocycles. The number of piperidine rings is 1. The molecule has 2 rings (SSSR count). The largest absolute Gasteiger partial charge is 0.343 e. The van der Waals surface area contributed by atoms with Crippen LogP contribution < -0.4 is 5.69 Å². The first-order valence-electron chi connectivity index (χ1n) is 7.57. The van der Waals surface area contributed by atoms with E-state index < -0.39 is 0 Å². The van der Waals surface area contributed by atoms with Crippen molar-refractivity contribution in [2.45, 2.75) is 45.3 Å². The van der Waals surface area contributed by atoms with Crippen molar-refractivity contribution in [2.75, 3.05) is 18.8 Å². The van der Waals surface area contributed by atoms with Crippen LogP contribution in [-0.2, 0) is 11.3 Å². The van der Waals surface area contributed by atoms with Gasteiger partial charge in [0.15, 0.2) is 5.16 Å². The highest BCUT2D eigenvalue weighted by Crippen LogP contribution is 2.22. The smallest absolute Gasteiger partial charge is 0.341 e. The van der Waals surface area contributed by atoms with Gasteiger partial charge in [-0.05, 0) is 24.7 Å². The van der Waals surface area contributed by atoms with E-state index in [1.165, 1.54) is 18.2 Å². The van der Waals surface area contributed by atoms with Gasteiger partial charge in [-0.1, -0.05) is 32.5 Å². The van der Waals surface area contributed by atoms with Gasteiger partial charge < -0.3 is 4.90 Å². The van der Waals surface area contributed by atoms with Crippen molar-refractivity contribution < 1.29 is 4.79 Å². The van der Waals surface area contributed by atoms with Crippen molar-refractivity contribution in [3.05, 3.63) is 10.5 Å². The predicted molar refractivity (Wildman–Crippen MR) is 83.4 cm³/mol. The molecule has 1 fully saturated rings. The molecule has 21 heavy (non-hydrogen) atoms. The first-order valence-corrected chi connectivity index (χ1v) is 8.55. The van der Waals surface area contributed by atoms with Crippen molar-refractivity contribution in [1.29, 1.82) is 0 Å². The van der Waals surface area contributed by atoms with Gasteiger partial charge in [0.1, 0.15) is 0 Å². The molecule has 0 unspecified atom stereocenters. The van der Waals surface area contributed by atoms with Crippen molar-refractivity contribution in [3.8, 4) is 0 Å². The van der Waals surface area contributed by atoms with Crippen LogP contribution in [0.4, 0.5) is 0 Å². The molecule has 0 spiro atoms. The van der Waals surface area contributed by atoms with Crippen LogP contribution >= 0.6 is 11.8 Å². The maximum absolute atomic E-state index is 12.3. The summed E-state index contributed by atoms with van der Waals surface area (Å²) in [4.78, 5) is 25.9. The third-order valence-electron chi connectivity index (χ3n) is 3.72. The third kappa shape index (κ3) is 4.12. The number of rotatable bonds is 5. The number of H-pyrrole nitrogens is 1. The van der Waals surface area contributed by atoms with Crippen LogP contribution in [-0.4, -0.2) is 44.4 Å². The van der Waals surface area contributed by atoms with Crippen LogP contribution in [0.3, 0.4) is 0 Å². The molecule has 1 saturated heterocycles. The Hall–Kier alpha value is -1.24. The Bertz CT molecular complexity index is 529. The van der Waals surface area contributed by atoms with Gasteiger partial charge in [-0.25, -0.2) is 9.89 Å². The summed E-state index contributed by atoms with van der Waals surface area (Å²) in [6.45, 7) is 8.70. The average Bonchev–Trinajstić information content (AvgIpc) is 2.77. The average molecular weight is 312 g/mol. The molecule has 1 aromatic heterocycles. The monoisotopic (exact) mass is 312 g/mol. The molecule has 1 aliphatic rings. The number of hydrogen-bond donors (Lipinski definition) is 1. The van der Waals surface area contributed by atoms with Gasteiger partial charge >= 0.3 is 5.69 Å².